The van der Waals surface area contributed by atoms with Crippen LogP contribution in [0.4, 0.5) is 0 Å². The minimum atomic E-state index is -0.483. The van der Waals surface area contributed by atoms with E-state index < -0.39 is 11.8 Å². The lowest BCUT2D eigenvalue weighted by atomic mass is 9.61. The van der Waals surface area contributed by atoms with E-state index >= 15 is 0 Å². The Morgan fingerprint density at radius 3 is 0.882 bits per heavy atom. The zero-order valence-corrected chi connectivity index (χ0v) is 20.4. The SMILES string of the molecule is CCc1cc2cc3c(cc2cc1CC)C1C(=O)C(=O)C3c2cc3cc(CC)c(CC)cc3cc21. The van der Waals surface area contributed by atoms with Gasteiger partial charge in [0, 0.05) is 0 Å². The van der Waals surface area contributed by atoms with Crippen molar-refractivity contribution in [1.29, 1.82) is 0 Å². The summed E-state index contributed by atoms with van der Waals surface area (Å²) < 4.78 is 0. The Morgan fingerprint density at radius 2 is 0.676 bits per heavy atom. The van der Waals surface area contributed by atoms with Gasteiger partial charge in [0.15, 0.2) is 0 Å². The van der Waals surface area contributed by atoms with E-state index in [-0.39, 0.29) is 11.6 Å². The minimum Gasteiger partial charge on any atom is -0.290 e. The number of carbonyl (C=O) groups excluding carboxylic acids is 2. The summed E-state index contributed by atoms with van der Waals surface area (Å²) in [6.45, 7) is 8.77. The molecule has 0 aromatic heterocycles. The van der Waals surface area contributed by atoms with Gasteiger partial charge in [-0.15, -0.1) is 0 Å². The Kier molecular flexibility index (Phi) is 4.78. The lowest BCUT2D eigenvalue weighted by Crippen LogP contribution is -2.40. The lowest BCUT2D eigenvalue weighted by molar-refractivity contribution is -0.138. The van der Waals surface area contributed by atoms with Crippen molar-refractivity contribution in [3.8, 4) is 0 Å². The molecule has 0 heterocycles. The van der Waals surface area contributed by atoms with E-state index in [1.165, 1.54) is 43.8 Å². The van der Waals surface area contributed by atoms with Crippen LogP contribution in [0.3, 0.4) is 0 Å². The predicted octanol–water partition coefficient (Wildman–Crippen LogP) is 6.97. The normalized spacial score (nSPS) is 18.6. The molecule has 0 saturated carbocycles. The van der Waals surface area contributed by atoms with Crippen LogP contribution in [0.2, 0.25) is 0 Å². The molecule has 2 nitrogen and oxygen atoms in total. The first-order chi connectivity index (χ1) is 16.5. The van der Waals surface area contributed by atoms with E-state index in [4.69, 9.17) is 0 Å². The van der Waals surface area contributed by atoms with Crippen molar-refractivity contribution in [1.82, 2.24) is 0 Å². The first-order valence-corrected chi connectivity index (χ1v) is 12.8. The topological polar surface area (TPSA) is 34.1 Å². The molecule has 0 saturated heterocycles. The summed E-state index contributed by atoms with van der Waals surface area (Å²) >= 11 is 0. The zero-order valence-electron chi connectivity index (χ0n) is 20.4. The summed E-state index contributed by atoms with van der Waals surface area (Å²) in [6.07, 6.45) is 3.98. The highest BCUT2D eigenvalue weighted by Crippen LogP contribution is 2.51. The molecule has 0 unspecified atom stereocenters. The molecule has 0 fully saturated rings. The smallest absolute Gasteiger partial charge is 0.211 e. The maximum Gasteiger partial charge on any atom is 0.211 e. The van der Waals surface area contributed by atoms with Crippen molar-refractivity contribution in [3.05, 3.63) is 93.0 Å². The number of benzene rings is 4. The molecular formula is C32H30O2. The van der Waals surface area contributed by atoms with E-state index in [0.717, 1.165) is 47.9 Å². The van der Waals surface area contributed by atoms with Gasteiger partial charge in [-0.2, -0.15) is 0 Å². The van der Waals surface area contributed by atoms with Crippen molar-refractivity contribution < 1.29 is 9.59 Å². The molecule has 0 spiro atoms. The summed E-state index contributed by atoms with van der Waals surface area (Å²) in [7, 11) is 0. The van der Waals surface area contributed by atoms with Crippen molar-refractivity contribution >= 4 is 33.1 Å². The molecule has 0 N–H and O–H groups in total. The molecule has 2 heteroatoms. The standard InChI is InChI=1S/C32H30O2/c1-5-17-9-21-13-25-26(14-22(21)10-18(17)6-2)30-28-16-24-12-20(8-4)19(7-3)11-23(24)15-27(28)29(25)31(33)32(30)34/h9-16,29-30H,5-8H2,1-4H3. The third-order valence-electron chi connectivity index (χ3n) is 8.26. The van der Waals surface area contributed by atoms with Crippen molar-refractivity contribution in [3.63, 3.8) is 0 Å². The monoisotopic (exact) mass is 446 g/mol. The van der Waals surface area contributed by atoms with Crippen LogP contribution >= 0.6 is 0 Å². The fraction of sp³-hybridized carbons (Fsp3) is 0.312. The van der Waals surface area contributed by atoms with Gasteiger partial charge in [0.2, 0.25) is 11.6 Å². The molecule has 7 rings (SSSR count). The second-order valence-corrected chi connectivity index (χ2v) is 9.91. The average Bonchev–Trinajstić information content (AvgIpc) is 2.86. The predicted molar refractivity (Wildman–Crippen MR) is 139 cm³/mol. The number of Topliss-reactive ketones (excluding diaryl/α,β-unsaturated/α-hetero) is 2. The molecule has 0 amide bonds. The Bertz CT molecular complexity index is 1320. The molecule has 4 aromatic carbocycles. The average molecular weight is 447 g/mol. The summed E-state index contributed by atoms with van der Waals surface area (Å²) in [4.78, 5) is 26.6. The Morgan fingerprint density at radius 1 is 0.441 bits per heavy atom. The Balaban J connectivity index is 1.63. The fourth-order valence-corrected chi connectivity index (χ4v) is 6.46. The number of rotatable bonds is 4. The number of ketones is 2. The van der Waals surface area contributed by atoms with Gasteiger partial charge >= 0.3 is 0 Å². The first-order valence-electron chi connectivity index (χ1n) is 12.8. The number of carbonyl (C=O) groups is 2. The van der Waals surface area contributed by atoms with Gasteiger partial charge in [-0.25, -0.2) is 0 Å². The van der Waals surface area contributed by atoms with Crippen LogP contribution in [-0.4, -0.2) is 11.6 Å². The Labute approximate surface area is 201 Å². The Hall–Kier alpha value is -3.26. The largest absolute Gasteiger partial charge is 0.290 e. The summed E-state index contributed by atoms with van der Waals surface area (Å²) in [5, 5.41) is 4.68. The van der Waals surface area contributed by atoms with Crippen molar-refractivity contribution in [2.45, 2.75) is 65.2 Å². The maximum atomic E-state index is 13.3. The summed E-state index contributed by atoms with van der Waals surface area (Å²) in [5.41, 5.74) is 9.57. The van der Waals surface area contributed by atoms with E-state index in [1.807, 2.05) is 0 Å². The number of hydrogen-bond acceptors (Lipinski definition) is 2. The second kappa shape index (κ2) is 7.63. The molecular weight excluding hydrogens is 416 g/mol. The molecule has 4 aromatic rings. The summed E-state index contributed by atoms with van der Waals surface area (Å²) in [5.74, 6) is -1.46. The van der Waals surface area contributed by atoms with Crippen LogP contribution in [-0.2, 0) is 35.3 Å². The highest BCUT2D eigenvalue weighted by Gasteiger charge is 2.49. The maximum absolute atomic E-state index is 13.3. The first kappa shape index (κ1) is 21.3. The quantitative estimate of drug-likeness (QED) is 0.317. The van der Waals surface area contributed by atoms with Gasteiger partial charge in [-0.3, -0.25) is 9.59 Å². The van der Waals surface area contributed by atoms with Gasteiger partial charge in [0.25, 0.3) is 0 Å². The minimum absolute atomic E-state index is 0.245. The van der Waals surface area contributed by atoms with E-state index in [2.05, 4.69) is 76.2 Å². The van der Waals surface area contributed by atoms with E-state index in [9.17, 15) is 9.59 Å². The van der Waals surface area contributed by atoms with Crippen LogP contribution in [0.5, 0.6) is 0 Å². The second-order valence-electron chi connectivity index (χ2n) is 9.91. The van der Waals surface area contributed by atoms with E-state index in [1.54, 1.807) is 0 Å². The molecule has 3 aliphatic rings. The molecule has 0 aliphatic heterocycles. The third kappa shape index (κ3) is 2.81. The molecule has 170 valence electrons. The van der Waals surface area contributed by atoms with E-state index in [0.29, 0.717) is 0 Å². The van der Waals surface area contributed by atoms with Gasteiger partial charge in [-0.1, -0.05) is 52.0 Å². The highest BCUT2D eigenvalue weighted by molar-refractivity contribution is 6.45. The van der Waals surface area contributed by atoms with Crippen LogP contribution < -0.4 is 0 Å². The van der Waals surface area contributed by atoms with Crippen LogP contribution in [0.25, 0.3) is 21.5 Å². The molecule has 34 heavy (non-hydrogen) atoms. The van der Waals surface area contributed by atoms with Crippen molar-refractivity contribution in [2.75, 3.05) is 0 Å². The number of aryl methyl sites for hydroxylation is 4. The zero-order chi connectivity index (χ0) is 23.7. The molecule has 0 atom stereocenters. The van der Waals surface area contributed by atoms with Gasteiger partial charge in [0.05, 0.1) is 11.8 Å². The lowest BCUT2D eigenvalue weighted by Gasteiger charge is -2.38. The summed E-state index contributed by atoms with van der Waals surface area (Å²) in [6, 6.07) is 17.9. The van der Waals surface area contributed by atoms with Gasteiger partial charge in [-0.05, 0) is 116 Å². The molecule has 2 bridgehead atoms. The van der Waals surface area contributed by atoms with Crippen molar-refractivity contribution in [2.24, 2.45) is 0 Å². The van der Waals surface area contributed by atoms with Crippen LogP contribution in [0.1, 0.15) is 84.0 Å². The van der Waals surface area contributed by atoms with Crippen LogP contribution in [0.15, 0.2) is 48.5 Å². The molecule has 3 aliphatic carbocycles. The third-order valence-corrected chi connectivity index (χ3v) is 8.26. The van der Waals surface area contributed by atoms with Crippen LogP contribution in [0, 0.1) is 0 Å². The number of fused-ring (bicyclic) bond motifs is 3. The number of hydrogen-bond donors (Lipinski definition) is 0. The fourth-order valence-electron chi connectivity index (χ4n) is 6.46. The van der Waals surface area contributed by atoms with Gasteiger partial charge < -0.3 is 0 Å². The highest BCUT2D eigenvalue weighted by atomic mass is 16.2. The molecule has 0 radical (unpaired) electrons. The van der Waals surface area contributed by atoms with Gasteiger partial charge in [0.1, 0.15) is 0 Å².